The maximum atomic E-state index is 13.5. The first-order valence-corrected chi connectivity index (χ1v) is 12.1. The molecule has 1 aliphatic heterocycles. The van der Waals surface area contributed by atoms with Gasteiger partial charge in [-0.1, -0.05) is 42.5 Å². The van der Waals surface area contributed by atoms with Crippen molar-refractivity contribution in [3.63, 3.8) is 0 Å². The number of hydrogen-bond acceptors (Lipinski definition) is 5. The largest absolute Gasteiger partial charge is 0.507 e. The number of fused-ring (bicyclic) bond motifs is 1. The second kappa shape index (κ2) is 9.82. The van der Waals surface area contributed by atoms with Crippen molar-refractivity contribution >= 4 is 33.9 Å². The van der Waals surface area contributed by atoms with Crippen LogP contribution < -0.4 is 14.4 Å². The fraction of sp³-hybridized carbons (Fsp3) is 0.161. The summed E-state index contributed by atoms with van der Waals surface area (Å²) in [6.45, 7) is 4.29. The summed E-state index contributed by atoms with van der Waals surface area (Å²) in [5.41, 5.74) is 2.58. The van der Waals surface area contributed by atoms with Crippen LogP contribution in [0.25, 0.3) is 16.5 Å². The summed E-state index contributed by atoms with van der Waals surface area (Å²) in [5.74, 6) is -0.334. The molecule has 1 amide bonds. The van der Waals surface area contributed by atoms with Crippen molar-refractivity contribution in [3.8, 4) is 11.5 Å². The van der Waals surface area contributed by atoms with Crippen LogP contribution in [0, 0.1) is 6.92 Å². The van der Waals surface area contributed by atoms with Crippen molar-refractivity contribution in [2.24, 2.45) is 0 Å². The highest BCUT2D eigenvalue weighted by Crippen LogP contribution is 2.44. The molecule has 6 nitrogen and oxygen atoms in total. The number of rotatable bonds is 6. The van der Waals surface area contributed by atoms with Crippen LogP contribution in [0.2, 0.25) is 0 Å². The third kappa shape index (κ3) is 4.20. The second-order valence-corrected chi connectivity index (χ2v) is 8.85. The zero-order chi connectivity index (χ0) is 26.1. The molecule has 0 spiro atoms. The lowest BCUT2D eigenvalue weighted by atomic mass is 9.91. The fourth-order valence-electron chi connectivity index (χ4n) is 4.89. The van der Waals surface area contributed by atoms with Crippen LogP contribution in [-0.4, -0.2) is 30.5 Å². The minimum Gasteiger partial charge on any atom is -0.507 e. The highest BCUT2D eigenvalue weighted by atomic mass is 16.5. The molecule has 4 aromatic rings. The minimum atomic E-state index is -0.827. The van der Waals surface area contributed by atoms with Gasteiger partial charge in [-0.15, -0.1) is 0 Å². The maximum absolute atomic E-state index is 13.5. The SMILES string of the molecule is CCOc1ccc(/C(O)=C2/C(=O)C(=O)N(c3ccc(OC)cc3)C2c2cccc3ccccc23)cc1C. The number of benzene rings is 4. The summed E-state index contributed by atoms with van der Waals surface area (Å²) >= 11 is 0. The van der Waals surface area contributed by atoms with Gasteiger partial charge in [0.05, 0.1) is 25.3 Å². The number of carbonyl (C=O) groups is 2. The molecule has 1 saturated heterocycles. The van der Waals surface area contributed by atoms with E-state index in [1.54, 1.807) is 49.6 Å². The number of methoxy groups -OCH3 is 1. The Hall–Kier alpha value is -4.58. The average Bonchev–Trinajstić information content (AvgIpc) is 3.19. The van der Waals surface area contributed by atoms with Crippen LogP contribution in [0.4, 0.5) is 5.69 Å². The number of ketones is 1. The van der Waals surface area contributed by atoms with E-state index in [9.17, 15) is 14.7 Å². The number of hydrogen-bond donors (Lipinski definition) is 1. The molecule has 1 heterocycles. The first kappa shape index (κ1) is 24.1. The normalized spacial score (nSPS) is 16.8. The molecule has 1 atom stereocenters. The number of carbonyl (C=O) groups excluding carboxylic acids is 2. The molecular weight excluding hydrogens is 466 g/mol. The van der Waals surface area contributed by atoms with Gasteiger partial charge in [-0.25, -0.2) is 0 Å². The summed E-state index contributed by atoms with van der Waals surface area (Å²) in [6, 6.07) is 24.9. The molecule has 0 saturated carbocycles. The monoisotopic (exact) mass is 493 g/mol. The van der Waals surface area contributed by atoms with E-state index in [1.165, 1.54) is 4.90 Å². The molecular formula is C31H27NO5. The van der Waals surface area contributed by atoms with Gasteiger partial charge in [0, 0.05) is 11.3 Å². The van der Waals surface area contributed by atoms with Gasteiger partial charge in [-0.2, -0.15) is 0 Å². The van der Waals surface area contributed by atoms with E-state index >= 15 is 0 Å². The van der Waals surface area contributed by atoms with E-state index in [0.717, 1.165) is 21.9 Å². The Morgan fingerprint density at radius 1 is 0.946 bits per heavy atom. The maximum Gasteiger partial charge on any atom is 0.300 e. The molecule has 4 aromatic carbocycles. The van der Waals surface area contributed by atoms with Gasteiger partial charge >= 0.3 is 0 Å². The quantitative estimate of drug-likeness (QED) is 0.197. The van der Waals surface area contributed by atoms with Crippen LogP contribution >= 0.6 is 0 Å². The van der Waals surface area contributed by atoms with Crippen LogP contribution in [-0.2, 0) is 9.59 Å². The fourth-order valence-corrected chi connectivity index (χ4v) is 4.89. The molecule has 1 fully saturated rings. The number of aliphatic hydroxyl groups is 1. The van der Waals surface area contributed by atoms with E-state index in [4.69, 9.17) is 9.47 Å². The van der Waals surface area contributed by atoms with Gasteiger partial charge in [-0.3, -0.25) is 14.5 Å². The first-order chi connectivity index (χ1) is 17.9. The molecule has 0 radical (unpaired) electrons. The lowest BCUT2D eigenvalue weighted by Gasteiger charge is -2.26. The third-order valence-corrected chi connectivity index (χ3v) is 6.66. The van der Waals surface area contributed by atoms with E-state index in [1.807, 2.05) is 56.3 Å². The molecule has 1 unspecified atom stereocenters. The smallest absolute Gasteiger partial charge is 0.300 e. The van der Waals surface area contributed by atoms with E-state index in [-0.39, 0.29) is 11.3 Å². The summed E-state index contributed by atoms with van der Waals surface area (Å²) in [5, 5.41) is 13.4. The zero-order valence-corrected chi connectivity index (χ0v) is 20.9. The lowest BCUT2D eigenvalue weighted by Crippen LogP contribution is -2.29. The molecule has 0 aromatic heterocycles. The number of aliphatic hydroxyl groups excluding tert-OH is 1. The van der Waals surface area contributed by atoms with Crippen LogP contribution in [0.15, 0.2) is 90.5 Å². The van der Waals surface area contributed by atoms with Gasteiger partial charge < -0.3 is 14.6 Å². The van der Waals surface area contributed by atoms with E-state index < -0.39 is 17.7 Å². The van der Waals surface area contributed by atoms with Crippen molar-refractivity contribution in [1.29, 1.82) is 0 Å². The average molecular weight is 494 g/mol. The van der Waals surface area contributed by atoms with E-state index in [0.29, 0.717) is 29.4 Å². The van der Waals surface area contributed by atoms with E-state index in [2.05, 4.69) is 0 Å². The Labute approximate surface area is 215 Å². The number of anilines is 1. The van der Waals surface area contributed by atoms with Crippen molar-refractivity contribution < 1.29 is 24.2 Å². The Kier molecular flexibility index (Phi) is 6.40. The standard InChI is InChI=1S/C31H27NO5/c1-4-37-26-17-12-21(18-19(26)2)29(33)27-28(25-11-7-9-20-8-5-6-10-24(20)25)32(31(35)30(27)34)22-13-15-23(36-3)16-14-22/h5-18,28,33H,4H2,1-3H3/b29-27-. The highest BCUT2D eigenvalue weighted by molar-refractivity contribution is 6.51. The predicted molar refractivity (Wildman–Crippen MR) is 144 cm³/mol. The van der Waals surface area contributed by atoms with Gasteiger partial charge in [-0.05, 0) is 78.2 Å². The number of aryl methyl sites for hydroxylation is 1. The number of amides is 1. The first-order valence-electron chi connectivity index (χ1n) is 12.1. The van der Waals surface area contributed by atoms with Gasteiger partial charge in [0.25, 0.3) is 11.7 Å². The van der Waals surface area contributed by atoms with Gasteiger partial charge in [0.2, 0.25) is 0 Å². The summed E-state index contributed by atoms with van der Waals surface area (Å²) < 4.78 is 10.9. The molecule has 5 rings (SSSR count). The molecule has 1 aliphatic rings. The summed E-state index contributed by atoms with van der Waals surface area (Å²) in [6.07, 6.45) is 0. The minimum absolute atomic E-state index is 0.0423. The number of nitrogens with zero attached hydrogens (tertiary/aromatic N) is 1. The van der Waals surface area contributed by atoms with Crippen LogP contribution in [0.3, 0.4) is 0 Å². The van der Waals surface area contributed by atoms with Crippen molar-refractivity contribution in [2.45, 2.75) is 19.9 Å². The topological polar surface area (TPSA) is 76.1 Å². The Balaban J connectivity index is 1.75. The molecule has 1 N–H and O–H groups in total. The Morgan fingerprint density at radius 2 is 1.68 bits per heavy atom. The Morgan fingerprint density at radius 3 is 2.38 bits per heavy atom. The third-order valence-electron chi connectivity index (χ3n) is 6.66. The molecule has 6 heteroatoms. The second-order valence-electron chi connectivity index (χ2n) is 8.85. The molecule has 0 bridgehead atoms. The number of ether oxygens (including phenoxy) is 2. The van der Waals surface area contributed by atoms with Crippen molar-refractivity contribution in [1.82, 2.24) is 0 Å². The Bertz CT molecular complexity index is 1530. The highest BCUT2D eigenvalue weighted by Gasteiger charge is 2.47. The lowest BCUT2D eigenvalue weighted by molar-refractivity contribution is -0.132. The zero-order valence-electron chi connectivity index (χ0n) is 20.9. The molecule has 186 valence electrons. The van der Waals surface area contributed by atoms with Crippen molar-refractivity contribution in [3.05, 3.63) is 107 Å². The summed E-state index contributed by atoms with van der Waals surface area (Å²) in [7, 11) is 1.57. The summed E-state index contributed by atoms with van der Waals surface area (Å²) in [4.78, 5) is 28.5. The van der Waals surface area contributed by atoms with Gasteiger partial charge in [0.15, 0.2) is 0 Å². The van der Waals surface area contributed by atoms with Gasteiger partial charge in [0.1, 0.15) is 17.3 Å². The number of Topliss-reactive ketones (excluding diaryl/α,β-unsaturated/α-hetero) is 1. The van der Waals surface area contributed by atoms with Crippen LogP contribution in [0.1, 0.15) is 29.7 Å². The van der Waals surface area contributed by atoms with Crippen LogP contribution in [0.5, 0.6) is 11.5 Å². The molecule has 37 heavy (non-hydrogen) atoms. The predicted octanol–water partition coefficient (Wildman–Crippen LogP) is 6.18. The van der Waals surface area contributed by atoms with Crippen molar-refractivity contribution in [2.75, 3.05) is 18.6 Å². The molecule has 0 aliphatic carbocycles.